The van der Waals surface area contributed by atoms with E-state index in [0.717, 1.165) is 30.4 Å². The van der Waals surface area contributed by atoms with E-state index >= 15 is 0 Å². The van der Waals surface area contributed by atoms with Gasteiger partial charge in [-0.15, -0.1) is 0 Å². The van der Waals surface area contributed by atoms with Crippen LogP contribution in [0.2, 0.25) is 5.02 Å². The number of hydrogen-bond donors (Lipinski definition) is 0. The Hall–Kier alpha value is -2.59. The second kappa shape index (κ2) is 7.99. The first-order valence-electron chi connectivity index (χ1n) is 8.26. The zero-order chi connectivity index (χ0) is 17.6. The lowest BCUT2D eigenvalue weighted by atomic mass is 10.1. The third-order valence-electron chi connectivity index (χ3n) is 3.85. The van der Waals surface area contributed by atoms with Crippen LogP contribution in [0.15, 0.2) is 54.7 Å². The fourth-order valence-corrected chi connectivity index (χ4v) is 2.74. The van der Waals surface area contributed by atoms with Crippen LogP contribution in [0, 0.1) is 0 Å². The fraction of sp³-hybridized carbons (Fsp3) is 0.200. The van der Waals surface area contributed by atoms with Crippen LogP contribution in [-0.2, 0) is 0 Å². The highest BCUT2D eigenvalue weighted by atomic mass is 35.5. The first-order chi connectivity index (χ1) is 12.2. The molecule has 5 heteroatoms. The maximum absolute atomic E-state index is 11.5. The molecule has 3 aromatic rings. The van der Waals surface area contributed by atoms with Crippen LogP contribution in [-0.4, -0.2) is 22.7 Å². The molecule has 0 spiro atoms. The molecule has 0 atom stereocenters. The van der Waals surface area contributed by atoms with E-state index in [4.69, 9.17) is 16.3 Å². The Balaban J connectivity index is 1.92. The summed E-state index contributed by atoms with van der Waals surface area (Å²) in [6, 6.07) is 15.1. The van der Waals surface area contributed by atoms with E-state index in [0.29, 0.717) is 28.6 Å². The van der Waals surface area contributed by atoms with Crippen LogP contribution < -0.4 is 4.74 Å². The Bertz CT molecular complexity index is 859. The molecular formula is C20H19ClN2O2. The topological polar surface area (TPSA) is 44.1 Å². The molecule has 0 fully saturated rings. The van der Waals surface area contributed by atoms with Crippen molar-refractivity contribution in [1.29, 1.82) is 0 Å². The second-order valence-electron chi connectivity index (χ2n) is 5.68. The minimum absolute atomic E-state index is 0.513. The number of aldehydes is 1. The number of carbonyl (C=O) groups is 1. The summed E-state index contributed by atoms with van der Waals surface area (Å²) >= 11 is 6.33. The van der Waals surface area contributed by atoms with Gasteiger partial charge in [0, 0.05) is 11.8 Å². The van der Waals surface area contributed by atoms with Crippen molar-refractivity contribution in [3.63, 3.8) is 0 Å². The van der Waals surface area contributed by atoms with Gasteiger partial charge < -0.3 is 4.74 Å². The number of hydrogen-bond acceptors (Lipinski definition) is 3. The lowest BCUT2D eigenvalue weighted by Gasteiger charge is -2.08. The van der Waals surface area contributed by atoms with Gasteiger partial charge in [0.25, 0.3) is 0 Å². The van der Waals surface area contributed by atoms with E-state index in [1.54, 1.807) is 16.9 Å². The summed E-state index contributed by atoms with van der Waals surface area (Å²) in [5.74, 6) is 0.647. The molecule has 128 valence electrons. The van der Waals surface area contributed by atoms with Crippen molar-refractivity contribution in [2.45, 2.75) is 19.8 Å². The minimum Gasteiger partial charge on any atom is -0.492 e. The smallest absolute Gasteiger partial charge is 0.153 e. The lowest BCUT2D eigenvalue weighted by Crippen LogP contribution is -1.97. The summed E-state index contributed by atoms with van der Waals surface area (Å²) in [6.45, 7) is 2.75. The Morgan fingerprint density at radius 2 is 2.00 bits per heavy atom. The SMILES string of the molecule is CCCCOc1ccc(-c2nn(-c3ccccc3)cc2C=O)cc1Cl. The van der Waals surface area contributed by atoms with E-state index < -0.39 is 0 Å². The van der Waals surface area contributed by atoms with Crippen LogP contribution in [0.25, 0.3) is 16.9 Å². The van der Waals surface area contributed by atoms with Gasteiger partial charge in [0.2, 0.25) is 0 Å². The van der Waals surface area contributed by atoms with Crippen molar-refractivity contribution in [2.24, 2.45) is 0 Å². The highest BCUT2D eigenvalue weighted by Gasteiger charge is 2.13. The van der Waals surface area contributed by atoms with Crippen LogP contribution in [0.1, 0.15) is 30.1 Å². The van der Waals surface area contributed by atoms with E-state index in [2.05, 4.69) is 12.0 Å². The van der Waals surface area contributed by atoms with E-state index in [1.165, 1.54) is 0 Å². The molecule has 0 radical (unpaired) electrons. The number of nitrogens with zero attached hydrogens (tertiary/aromatic N) is 2. The molecule has 0 amide bonds. The Morgan fingerprint density at radius 3 is 2.68 bits per heavy atom. The van der Waals surface area contributed by atoms with Gasteiger partial charge in [0.1, 0.15) is 11.4 Å². The van der Waals surface area contributed by atoms with Gasteiger partial charge in [0.15, 0.2) is 6.29 Å². The van der Waals surface area contributed by atoms with E-state index in [1.807, 2.05) is 42.5 Å². The Labute approximate surface area is 152 Å². The van der Waals surface area contributed by atoms with Crippen molar-refractivity contribution in [2.75, 3.05) is 6.61 Å². The van der Waals surface area contributed by atoms with Crippen molar-refractivity contribution in [3.8, 4) is 22.7 Å². The summed E-state index contributed by atoms with van der Waals surface area (Å²) in [4.78, 5) is 11.5. The first kappa shape index (κ1) is 17.2. The molecule has 0 aliphatic carbocycles. The Kier molecular flexibility index (Phi) is 5.51. The summed E-state index contributed by atoms with van der Waals surface area (Å²) < 4.78 is 7.37. The van der Waals surface area contributed by atoms with Gasteiger partial charge in [-0.3, -0.25) is 4.79 Å². The third-order valence-corrected chi connectivity index (χ3v) is 4.15. The molecule has 0 aliphatic rings. The molecular weight excluding hydrogens is 336 g/mol. The average molecular weight is 355 g/mol. The monoisotopic (exact) mass is 354 g/mol. The van der Waals surface area contributed by atoms with Crippen LogP contribution in [0.4, 0.5) is 0 Å². The summed E-state index contributed by atoms with van der Waals surface area (Å²) in [6.07, 6.45) is 4.57. The molecule has 0 N–H and O–H groups in total. The number of carbonyl (C=O) groups excluding carboxylic acids is 1. The maximum Gasteiger partial charge on any atom is 0.153 e. The normalized spacial score (nSPS) is 10.6. The van der Waals surface area contributed by atoms with Crippen molar-refractivity contribution >= 4 is 17.9 Å². The number of para-hydroxylation sites is 1. The van der Waals surface area contributed by atoms with Crippen molar-refractivity contribution in [1.82, 2.24) is 9.78 Å². The molecule has 0 saturated heterocycles. The number of rotatable bonds is 7. The van der Waals surface area contributed by atoms with Gasteiger partial charge in [-0.05, 0) is 36.8 Å². The first-order valence-corrected chi connectivity index (χ1v) is 8.63. The van der Waals surface area contributed by atoms with E-state index in [9.17, 15) is 4.79 Å². The molecule has 0 aliphatic heterocycles. The van der Waals surface area contributed by atoms with Crippen molar-refractivity contribution in [3.05, 3.63) is 65.3 Å². The highest BCUT2D eigenvalue weighted by Crippen LogP contribution is 2.31. The number of unbranched alkanes of at least 4 members (excludes halogenated alkanes) is 1. The van der Waals surface area contributed by atoms with Crippen LogP contribution in [0.3, 0.4) is 0 Å². The molecule has 1 aromatic heterocycles. The second-order valence-corrected chi connectivity index (χ2v) is 6.09. The number of halogens is 1. The average Bonchev–Trinajstić information content (AvgIpc) is 3.08. The minimum atomic E-state index is 0.513. The number of benzene rings is 2. The van der Waals surface area contributed by atoms with Crippen molar-refractivity contribution < 1.29 is 9.53 Å². The molecule has 3 rings (SSSR count). The molecule has 2 aromatic carbocycles. The Morgan fingerprint density at radius 1 is 1.20 bits per heavy atom. The zero-order valence-electron chi connectivity index (χ0n) is 14.0. The lowest BCUT2D eigenvalue weighted by molar-refractivity contribution is 0.112. The number of aromatic nitrogens is 2. The van der Waals surface area contributed by atoms with Gasteiger partial charge in [0.05, 0.1) is 22.9 Å². The summed E-state index contributed by atoms with van der Waals surface area (Å²) in [5.41, 5.74) is 2.78. The largest absolute Gasteiger partial charge is 0.492 e. The third kappa shape index (κ3) is 3.91. The molecule has 25 heavy (non-hydrogen) atoms. The summed E-state index contributed by atoms with van der Waals surface area (Å²) in [7, 11) is 0. The van der Waals surface area contributed by atoms with E-state index in [-0.39, 0.29) is 0 Å². The standard InChI is InChI=1S/C20H19ClN2O2/c1-2-3-11-25-19-10-9-15(12-18(19)21)20-16(14-24)13-23(22-20)17-7-5-4-6-8-17/h4-10,12-14H,2-3,11H2,1H3. The molecule has 4 nitrogen and oxygen atoms in total. The van der Waals surface area contributed by atoms with Gasteiger partial charge in [-0.2, -0.15) is 5.10 Å². The van der Waals surface area contributed by atoms with Gasteiger partial charge >= 0.3 is 0 Å². The van der Waals surface area contributed by atoms with Crippen LogP contribution in [0.5, 0.6) is 5.75 Å². The highest BCUT2D eigenvalue weighted by molar-refractivity contribution is 6.32. The predicted octanol–water partition coefficient (Wildman–Crippen LogP) is 5.18. The summed E-state index contributed by atoms with van der Waals surface area (Å²) in [5, 5.41) is 5.07. The molecule has 0 unspecified atom stereocenters. The zero-order valence-corrected chi connectivity index (χ0v) is 14.7. The molecule has 1 heterocycles. The molecule has 0 bridgehead atoms. The van der Waals surface area contributed by atoms with Crippen LogP contribution >= 0.6 is 11.6 Å². The van der Waals surface area contributed by atoms with Gasteiger partial charge in [-0.1, -0.05) is 43.1 Å². The quantitative estimate of drug-likeness (QED) is 0.433. The maximum atomic E-state index is 11.5. The molecule has 0 saturated carbocycles. The fourth-order valence-electron chi connectivity index (χ4n) is 2.50. The van der Waals surface area contributed by atoms with Gasteiger partial charge in [-0.25, -0.2) is 4.68 Å². The predicted molar refractivity (Wildman–Crippen MR) is 99.8 cm³/mol. The number of ether oxygens (including phenoxy) is 1.